The molecule has 164 valence electrons. The maximum Gasteiger partial charge on any atom is 0.303 e. The van der Waals surface area contributed by atoms with Gasteiger partial charge in [-0.1, -0.05) is 38.1 Å². The van der Waals surface area contributed by atoms with E-state index in [1.807, 2.05) is 48.5 Å². The number of aliphatic hydroxyl groups excluding tert-OH is 2. The molecule has 0 radical (unpaired) electrons. The van der Waals surface area contributed by atoms with Crippen LogP contribution in [0.1, 0.15) is 31.9 Å². The Balaban J connectivity index is 2.01. The lowest BCUT2D eigenvalue weighted by Gasteiger charge is -2.26. The monoisotopic (exact) mass is 436 g/mol. The Kier molecular flexibility index (Phi) is 8.96. The molecule has 0 aliphatic carbocycles. The van der Waals surface area contributed by atoms with Crippen LogP contribution < -0.4 is 9.47 Å². The molecule has 2 aromatic rings. The lowest BCUT2D eigenvalue weighted by Crippen LogP contribution is -2.27. The zero-order chi connectivity index (χ0) is 22.1. The van der Waals surface area contributed by atoms with Gasteiger partial charge in [-0.25, -0.2) is 0 Å². The van der Waals surface area contributed by atoms with E-state index in [4.69, 9.17) is 25.8 Å². The molecule has 2 N–H and O–H groups in total. The first-order valence-electron chi connectivity index (χ1n) is 9.75. The van der Waals surface area contributed by atoms with Crippen molar-refractivity contribution in [3.05, 3.63) is 59.7 Å². The number of ether oxygens (including phenoxy) is 3. The molecule has 2 atom stereocenters. The number of esters is 1. The molecule has 0 saturated carbocycles. The maximum atomic E-state index is 11.0. The van der Waals surface area contributed by atoms with Crippen LogP contribution in [0.5, 0.6) is 11.5 Å². The summed E-state index contributed by atoms with van der Waals surface area (Å²) in [5.41, 5.74) is 1.95. The first-order chi connectivity index (χ1) is 14.3. The fourth-order valence-corrected chi connectivity index (χ4v) is 2.98. The minimum Gasteiger partial charge on any atom is -0.491 e. The summed E-state index contributed by atoms with van der Waals surface area (Å²) < 4.78 is 16.1. The molecule has 30 heavy (non-hydrogen) atoms. The first kappa shape index (κ1) is 24.0. The van der Waals surface area contributed by atoms with E-state index in [0.29, 0.717) is 11.5 Å². The molecule has 0 spiro atoms. The number of aliphatic hydroxyl groups is 2. The normalized spacial score (nSPS) is 13.4. The van der Waals surface area contributed by atoms with E-state index < -0.39 is 18.2 Å². The van der Waals surface area contributed by atoms with Gasteiger partial charge in [0.15, 0.2) is 6.10 Å². The molecule has 7 heteroatoms. The minimum atomic E-state index is -0.690. The molecule has 0 fully saturated rings. The Morgan fingerprint density at radius 2 is 1.43 bits per heavy atom. The van der Waals surface area contributed by atoms with Gasteiger partial charge < -0.3 is 24.4 Å². The summed E-state index contributed by atoms with van der Waals surface area (Å²) in [5.74, 6) is 0.978. The molecule has 0 bridgehead atoms. The SMILES string of the molecule is CC(=O)O[C@@H](CO)COc1ccc(C(C)(C)c2ccc(OC[C@H](O)CCl)cc2)cc1. The van der Waals surface area contributed by atoms with Gasteiger partial charge >= 0.3 is 5.97 Å². The van der Waals surface area contributed by atoms with E-state index in [-0.39, 0.29) is 31.1 Å². The molecule has 0 heterocycles. The molecular formula is C23H29ClO6. The highest BCUT2D eigenvalue weighted by atomic mass is 35.5. The van der Waals surface area contributed by atoms with Gasteiger partial charge in [0, 0.05) is 12.3 Å². The van der Waals surface area contributed by atoms with Crippen LogP contribution in [0, 0.1) is 0 Å². The van der Waals surface area contributed by atoms with Crippen LogP contribution in [0.15, 0.2) is 48.5 Å². The predicted molar refractivity (Wildman–Crippen MR) is 115 cm³/mol. The van der Waals surface area contributed by atoms with E-state index >= 15 is 0 Å². The third-order valence-corrected chi connectivity index (χ3v) is 5.10. The van der Waals surface area contributed by atoms with Crippen molar-refractivity contribution in [2.24, 2.45) is 0 Å². The molecule has 0 saturated heterocycles. The van der Waals surface area contributed by atoms with Crippen LogP contribution in [0.25, 0.3) is 0 Å². The number of hydrogen-bond acceptors (Lipinski definition) is 6. The lowest BCUT2D eigenvalue weighted by atomic mass is 9.78. The van der Waals surface area contributed by atoms with E-state index in [1.54, 1.807) is 0 Å². The molecule has 2 aromatic carbocycles. The van der Waals surface area contributed by atoms with Gasteiger partial charge in [-0.05, 0) is 35.4 Å². The van der Waals surface area contributed by atoms with Crippen LogP contribution in [0.4, 0.5) is 0 Å². The summed E-state index contributed by atoms with van der Waals surface area (Å²) >= 11 is 5.57. The fraction of sp³-hybridized carbons (Fsp3) is 0.435. The summed E-state index contributed by atoms with van der Waals surface area (Å²) in [6.45, 7) is 5.48. The van der Waals surface area contributed by atoms with Crippen molar-refractivity contribution < 1.29 is 29.2 Å². The Morgan fingerprint density at radius 3 is 1.83 bits per heavy atom. The number of benzene rings is 2. The van der Waals surface area contributed by atoms with Gasteiger partial charge in [0.05, 0.1) is 12.5 Å². The zero-order valence-electron chi connectivity index (χ0n) is 17.5. The second kappa shape index (κ2) is 11.2. The molecule has 0 aromatic heterocycles. The van der Waals surface area contributed by atoms with Crippen LogP contribution in [-0.4, -0.2) is 54.1 Å². The summed E-state index contributed by atoms with van der Waals surface area (Å²) in [6, 6.07) is 15.4. The standard InChI is InChI=1S/C23H29ClO6/c1-16(26)30-22(13-25)15-29-21-10-6-18(7-11-21)23(2,3)17-4-8-20(9-5-17)28-14-19(27)12-24/h4-11,19,22,25,27H,12-15H2,1-3H3/t19-,22+/m1/s1. The number of carbonyl (C=O) groups excluding carboxylic acids is 1. The third-order valence-electron chi connectivity index (χ3n) is 4.74. The van der Waals surface area contributed by atoms with Crippen molar-refractivity contribution in [2.45, 2.75) is 38.4 Å². The summed E-state index contributed by atoms with van der Waals surface area (Å²) in [7, 11) is 0. The Morgan fingerprint density at radius 1 is 0.967 bits per heavy atom. The lowest BCUT2D eigenvalue weighted by molar-refractivity contribution is -0.150. The van der Waals surface area contributed by atoms with Crippen molar-refractivity contribution in [2.75, 3.05) is 25.7 Å². The number of halogens is 1. The second-order valence-corrected chi connectivity index (χ2v) is 7.83. The van der Waals surface area contributed by atoms with E-state index in [9.17, 15) is 15.0 Å². The Labute approximate surface area is 182 Å². The number of hydrogen-bond donors (Lipinski definition) is 2. The topological polar surface area (TPSA) is 85.2 Å². The van der Waals surface area contributed by atoms with E-state index in [2.05, 4.69) is 13.8 Å². The van der Waals surface area contributed by atoms with Crippen LogP contribution >= 0.6 is 11.6 Å². The third kappa shape index (κ3) is 6.90. The van der Waals surface area contributed by atoms with Crippen LogP contribution in [0.2, 0.25) is 0 Å². The van der Waals surface area contributed by atoms with E-state index in [1.165, 1.54) is 6.92 Å². The smallest absolute Gasteiger partial charge is 0.303 e. The van der Waals surface area contributed by atoms with Crippen LogP contribution in [-0.2, 0) is 14.9 Å². The molecule has 6 nitrogen and oxygen atoms in total. The van der Waals surface area contributed by atoms with Gasteiger partial charge in [-0.3, -0.25) is 4.79 Å². The maximum absolute atomic E-state index is 11.0. The number of rotatable bonds is 11. The fourth-order valence-electron chi connectivity index (χ4n) is 2.89. The minimum absolute atomic E-state index is 0.0820. The number of carbonyl (C=O) groups is 1. The quantitative estimate of drug-likeness (QED) is 0.415. The summed E-state index contributed by atoms with van der Waals surface area (Å²) in [4.78, 5) is 11.0. The Bertz CT molecular complexity index is 788. The molecule has 2 rings (SSSR count). The predicted octanol–water partition coefficient (Wildman–Crippen LogP) is 3.29. The van der Waals surface area contributed by atoms with Gasteiger partial charge in [0.25, 0.3) is 0 Å². The molecular weight excluding hydrogens is 408 g/mol. The van der Waals surface area contributed by atoms with Gasteiger partial charge in [0.2, 0.25) is 0 Å². The van der Waals surface area contributed by atoms with Crippen molar-refractivity contribution >= 4 is 17.6 Å². The molecule has 0 unspecified atom stereocenters. The first-order valence-corrected chi connectivity index (χ1v) is 10.3. The summed E-state index contributed by atoms with van der Waals surface area (Å²) in [5, 5.41) is 18.7. The average molecular weight is 437 g/mol. The van der Waals surface area contributed by atoms with Gasteiger partial charge in [-0.2, -0.15) is 0 Å². The highest BCUT2D eigenvalue weighted by Gasteiger charge is 2.23. The number of alkyl halides is 1. The highest BCUT2D eigenvalue weighted by molar-refractivity contribution is 6.18. The Hall–Kier alpha value is -2.28. The average Bonchev–Trinajstić information content (AvgIpc) is 2.75. The molecule has 0 aliphatic heterocycles. The second-order valence-electron chi connectivity index (χ2n) is 7.52. The highest BCUT2D eigenvalue weighted by Crippen LogP contribution is 2.33. The van der Waals surface area contributed by atoms with Crippen molar-refractivity contribution in [3.63, 3.8) is 0 Å². The summed E-state index contributed by atoms with van der Waals surface area (Å²) in [6.07, 6.45) is -1.38. The van der Waals surface area contributed by atoms with Crippen molar-refractivity contribution in [1.82, 2.24) is 0 Å². The van der Waals surface area contributed by atoms with Gasteiger partial charge in [0.1, 0.15) is 30.8 Å². The van der Waals surface area contributed by atoms with Crippen molar-refractivity contribution in [1.29, 1.82) is 0 Å². The van der Waals surface area contributed by atoms with Gasteiger partial charge in [-0.15, -0.1) is 11.6 Å². The van der Waals surface area contributed by atoms with Crippen molar-refractivity contribution in [3.8, 4) is 11.5 Å². The van der Waals surface area contributed by atoms with E-state index in [0.717, 1.165) is 11.1 Å². The zero-order valence-corrected chi connectivity index (χ0v) is 18.3. The van der Waals surface area contributed by atoms with Crippen LogP contribution in [0.3, 0.4) is 0 Å². The largest absolute Gasteiger partial charge is 0.491 e. The molecule has 0 aliphatic rings. The molecule has 0 amide bonds.